The summed E-state index contributed by atoms with van der Waals surface area (Å²) in [7, 11) is 0. The van der Waals surface area contributed by atoms with Crippen LogP contribution in [0, 0.1) is 0 Å². The van der Waals surface area contributed by atoms with Gasteiger partial charge in [-0.05, 0) is 32.1 Å². The molecule has 0 aromatic rings. The molecule has 0 aliphatic rings. The number of carbonyl (C=O) groups is 1. The van der Waals surface area contributed by atoms with E-state index in [-0.39, 0.29) is 36.0 Å². The first-order valence-corrected chi connectivity index (χ1v) is 6.62. The maximum absolute atomic E-state index is 10.1. The smallest absolute Gasteiger partial charge is 0.550 e. The summed E-state index contributed by atoms with van der Waals surface area (Å²) in [4.78, 5) is 10.1. The Balaban J connectivity index is 0. The summed E-state index contributed by atoms with van der Waals surface area (Å²) in [6.45, 7) is 2.21. The summed E-state index contributed by atoms with van der Waals surface area (Å²) in [5, 5.41) is 10.1. The largest absolute Gasteiger partial charge is 1.00 e. The molecular formula is C14H25NaO2. The monoisotopic (exact) mass is 248 g/mol. The number of unbranched alkanes of at least 4 members (excludes halogenated alkanes) is 7. The van der Waals surface area contributed by atoms with E-state index in [1.165, 1.54) is 38.5 Å². The molecule has 0 saturated carbocycles. The maximum atomic E-state index is 10.1. The molecule has 0 aliphatic heterocycles. The Morgan fingerprint density at radius 2 is 1.47 bits per heavy atom. The second-order valence-electron chi connectivity index (χ2n) is 4.29. The van der Waals surface area contributed by atoms with Crippen LogP contribution in [0.2, 0.25) is 0 Å². The molecule has 0 fully saturated rings. The van der Waals surface area contributed by atoms with Crippen LogP contribution in [-0.2, 0) is 4.79 Å². The Labute approximate surface area is 128 Å². The first-order chi connectivity index (χ1) is 7.77. The molecule has 0 bridgehead atoms. The molecule has 0 atom stereocenters. The molecule has 0 aliphatic carbocycles. The van der Waals surface area contributed by atoms with Gasteiger partial charge in [0.2, 0.25) is 0 Å². The van der Waals surface area contributed by atoms with Gasteiger partial charge in [0.1, 0.15) is 0 Å². The maximum Gasteiger partial charge on any atom is 1.00 e. The number of allylic oxidation sites excluding steroid dienone is 2. The van der Waals surface area contributed by atoms with E-state index in [1.807, 2.05) is 0 Å². The Bertz CT molecular complexity index is 191. The zero-order chi connectivity index (χ0) is 12.1. The standard InChI is InChI=1S/C14H26O2.Na/c1-2-3-4-5-6-7-8-9-10-11-12-13-14(15)16;/h5-6H,2-4,7-13H2,1H3,(H,15,16);/q;+1/p-1. The van der Waals surface area contributed by atoms with E-state index in [4.69, 9.17) is 0 Å². The van der Waals surface area contributed by atoms with Crippen LogP contribution in [0.25, 0.3) is 0 Å². The van der Waals surface area contributed by atoms with Gasteiger partial charge in [-0.15, -0.1) is 0 Å². The van der Waals surface area contributed by atoms with Gasteiger partial charge in [0.05, 0.1) is 0 Å². The van der Waals surface area contributed by atoms with Gasteiger partial charge >= 0.3 is 29.6 Å². The van der Waals surface area contributed by atoms with Gasteiger partial charge in [0, 0.05) is 5.97 Å². The van der Waals surface area contributed by atoms with Crippen molar-refractivity contribution in [3.05, 3.63) is 12.2 Å². The van der Waals surface area contributed by atoms with Crippen LogP contribution in [0.15, 0.2) is 12.2 Å². The molecule has 0 spiro atoms. The minimum absolute atomic E-state index is 0. The van der Waals surface area contributed by atoms with E-state index in [2.05, 4.69) is 19.1 Å². The van der Waals surface area contributed by atoms with Crippen molar-refractivity contribution in [1.29, 1.82) is 0 Å². The molecule has 0 heterocycles. The molecule has 0 radical (unpaired) electrons. The van der Waals surface area contributed by atoms with E-state index < -0.39 is 5.97 Å². The van der Waals surface area contributed by atoms with Crippen LogP contribution in [-0.4, -0.2) is 5.97 Å². The van der Waals surface area contributed by atoms with Gasteiger partial charge in [0.25, 0.3) is 0 Å². The van der Waals surface area contributed by atoms with Crippen LogP contribution in [0.5, 0.6) is 0 Å². The van der Waals surface area contributed by atoms with Crippen molar-refractivity contribution in [3.63, 3.8) is 0 Å². The first-order valence-electron chi connectivity index (χ1n) is 6.62. The van der Waals surface area contributed by atoms with Crippen LogP contribution >= 0.6 is 0 Å². The van der Waals surface area contributed by atoms with Crippen molar-refractivity contribution in [1.82, 2.24) is 0 Å². The number of carboxylic acid groups (broad SMARTS) is 1. The van der Waals surface area contributed by atoms with E-state index in [1.54, 1.807) is 0 Å². The molecule has 3 heteroatoms. The van der Waals surface area contributed by atoms with Crippen molar-refractivity contribution in [2.24, 2.45) is 0 Å². The summed E-state index contributed by atoms with van der Waals surface area (Å²) in [5.74, 6) is -0.918. The second kappa shape index (κ2) is 16.2. The Morgan fingerprint density at radius 3 is 2.06 bits per heavy atom. The van der Waals surface area contributed by atoms with Gasteiger partial charge in [-0.1, -0.05) is 51.2 Å². The van der Waals surface area contributed by atoms with Crippen LogP contribution in [0.3, 0.4) is 0 Å². The Hall–Kier alpha value is 0.210. The first kappa shape index (κ1) is 19.5. The van der Waals surface area contributed by atoms with Crippen LogP contribution < -0.4 is 34.7 Å². The molecule has 17 heavy (non-hydrogen) atoms. The van der Waals surface area contributed by atoms with Crippen molar-refractivity contribution in [2.45, 2.75) is 71.1 Å². The Morgan fingerprint density at radius 1 is 0.941 bits per heavy atom. The van der Waals surface area contributed by atoms with E-state index in [9.17, 15) is 9.90 Å². The Kier molecular flexibility index (Phi) is 18.6. The van der Waals surface area contributed by atoms with Gasteiger partial charge in [-0.3, -0.25) is 0 Å². The summed E-state index contributed by atoms with van der Waals surface area (Å²) < 4.78 is 0. The molecular weight excluding hydrogens is 223 g/mol. The summed E-state index contributed by atoms with van der Waals surface area (Å²) in [6, 6.07) is 0. The fourth-order valence-corrected chi connectivity index (χ4v) is 1.62. The second-order valence-corrected chi connectivity index (χ2v) is 4.29. The van der Waals surface area contributed by atoms with Crippen LogP contribution in [0.4, 0.5) is 0 Å². The molecule has 0 saturated heterocycles. The zero-order valence-electron chi connectivity index (χ0n) is 11.5. The average Bonchev–Trinajstić information content (AvgIpc) is 2.25. The zero-order valence-corrected chi connectivity index (χ0v) is 13.5. The molecule has 0 amide bonds. The van der Waals surface area contributed by atoms with Gasteiger partial charge in [-0.2, -0.15) is 0 Å². The van der Waals surface area contributed by atoms with Crippen LogP contribution in [0.1, 0.15) is 71.1 Å². The van der Waals surface area contributed by atoms with Crippen molar-refractivity contribution in [2.75, 3.05) is 0 Å². The number of hydrogen-bond acceptors (Lipinski definition) is 2. The van der Waals surface area contributed by atoms with Crippen molar-refractivity contribution < 1.29 is 39.5 Å². The summed E-state index contributed by atoms with van der Waals surface area (Å²) in [5.41, 5.74) is 0. The quantitative estimate of drug-likeness (QED) is 0.298. The number of carboxylic acids is 1. The third-order valence-corrected chi connectivity index (χ3v) is 2.64. The predicted molar refractivity (Wildman–Crippen MR) is 66.0 cm³/mol. The average molecular weight is 248 g/mol. The predicted octanol–water partition coefficient (Wildman–Crippen LogP) is 0.217. The molecule has 94 valence electrons. The van der Waals surface area contributed by atoms with Crippen molar-refractivity contribution >= 4 is 5.97 Å². The van der Waals surface area contributed by atoms with Gasteiger partial charge in [0.15, 0.2) is 0 Å². The summed E-state index contributed by atoms with van der Waals surface area (Å²) in [6.07, 6.45) is 15.1. The number of hydrogen-bond donors (Lipinski definition) is 0. The molecule has 0 N–H and O–H groups in total. The summed E-state index contributed by atoms with van der Waals surface area (Å²) >= 11 is 0. The molecule has 0 aromatic carbocycles. The van der Waals surface area contributed by atoms with E-state index in [0.717, 1.165) is 19.3 Å². The fourth-order valence-electron chi connectivity index (χ4n) is 1.62. The third kappa shape index (κ3) is 18.8. The SMILES string of the molecule is CCCCC=CCCCCCCCC(=O)[O-].[Na+]. The van der Waals surface area contributed by atoms with Gasteiger partial charge in [-0.25, -0.2) is 0 Å². The topological polar surface area (TPSA) is 40.1 Å². The van der Waals surface area contributed by atoms with Crippen molar-refractivity contribution in [3.8, 4) is 0 Å². The number of aliphatic carboxylic acids is 1. The molecule has 2 nitrogen and oxygen atoms in total. The molecule has 0 unspecified atom stereocenters. The van der Waals surface area contributed by atoms with E-state index >= 15 is 0 Å². The molecule has 0 aromatic heterocycles. The minimum atomic E-state index is -0.918. The van der Waals surface area contributed by atoms with E-state index in [0.29, 0.717) is 0 Å². The fraction of sp³-hybridized carbons (Fsp3) is 0.786. The number of rotatable bonds is 11. The minimum Gasteiger partial charge on any atom is -0.550 e. The third-order valence-electron chi connectivity index (χ3n) is 2.64. The normalized spacial score (nSPS) is 10.4. The van der Waals surface area contributed by atoms with Gasteiger partial charge < -0.3 is 9.90 Å². The number of carbonyl (C=O) groups excluding carboxylic acids is 1. The molecule has 0 rings (SSSR count).